The van der Waals surface area contributed by atoms with Gasteiger partial charge in [0.25, 0.3) is 0 Å². The van der Waals surface area contributed by atoms with E-state index in [0.717, 1.165) is 33.7 Å². The molecule has 0 fully saturated rings. The van der Waals surface area contributed by atoms with Crippen molar-refractivity contribution in [2.24, 2.45) is 0 Å². The summed E-state index contributed by atoms with van der Waals surface area (Å²) in [6.45, 7) is -0.309. The maximum atomic E-state index is 13.1. The molecular formula is C29H20F9N7S2. The second kappa shape index (κ2) is 13.3. The van der Waals surface area contributed by atoms with Gasteiger partial charge < -0.3 is 10.2 Å². The SMILES string of the molecule is CN(Cc1ccccc1C(F)(F)F)c1nc(C(F)(F)F)nc2ccsc12.FC(F)(F)c1cccnc1CNc1ncnc2ccsc12. The van der Waals surface area contributed by atoms with Crippen LogP contribution in [0.15, 0.2) is 71.8 Å². The number of pyridine rings is 1. The molecule has 47 heavy (non-hydrogen) atoms. The smallest absolute Gasteiger partial charge is 0.363 e. The third-order valence-corrected chi connectivity index (χ3v) is 8.30. The monoisotopic (exact) mass is 701 g/mol. The minimum absolute atomic E-state index is 0.0559. The van der Waals surface area contributed by atoms with Gasteiger partial charge in [0.1, 0.15) is 12.1 Å². The average Bonchev–Trinajstić information content (AvgIpc) is 3.69. The van der Waals surface area contributed by atoms with Gasteiger partial charge in [-0.25, -0.2) is 19.9 Å². The number of nitrogens with zero attached hydrogens (tertiary/aromatic N) is 6. The number of hydrogen-bond donors (Lipinski definition) is 1. The Morgan fingerprint density at radius 2 is 1.36 bits per heavy atom. The van der Waals surface area contributed by atoms with E-state index in [4.69, 9.17) is 0 Å². The van der Waals surface area contributed by atoms with Crippen LogP contribution < -0.4 is 10.2 Å². The maximum Gasteiger partial charge on any atom is 0.451 e. The molecule has 0 saturated heterocycles. The number of benzene rings is 1. The van der Waals surface area contributed by atoms with Gasteiger partial charge >= 0.3 is 18.5 Å². The highest BCUT2D eigenvalue weighted by molar-refractivity contribution is 7.18. The van der Waals surface area contributed by atoms with Crippen LogP contribution in [-0.2, 0) is 31.6 Å². The van der Waals surface area contributed by atoms with E-state index >= 15 is 0 Å². The number of fused-ring (bicyclic) bond motifs is 2. The summed E-state index contributed by atoms with van der Waals surface area (Å²) in [7, 11) is 1.40. The molecule has 5 aromatic heterocycles. The molecule has 0 spiro atoms. The van der Waals surface area contributed by atoms with Gasteiger partial charge in [0.2, 0.25) is 5.82 Å². The molecular weight excluding hydrogens is 681 g/mol. The lowest BCUT2D eigenvalue weighted by Crippen LogP contribution is -2.22. The van der Waals surface area contributed by atoms with Crippen LogP contribution in [0.5, 0.6) is 0 Å². The summed E-state index contributed by atoms with van der Waals surface area (Å²) < 4.78 is 118. The molecule has 0 atom stereocenters. The largest absolute Gasteiger partial charge is 0.451 e. The fraction of sp³-hybridized carbons (Fsp3) is 0.207. The summed E-state index contributed by atoms with van der Waals surface area (Å²) >= 11 is 2.55. The van der Waals surface area contributed by atoms with Gasteiger partial charge in [0.05, 0.1) is 43.8 Å². The van der Waals surface area contributed by atoms with Crippen LogP contribution in [0.3, 0.4) is 0 Å². The van der Waals surface area contributed by atoms with Gasteiger partial charge in [-0.05, 0) is 46.7 Å². The van der Waals surface area contributed by atoms with Crippen molar-refractivity contribution >= 4 is 54.7 Å². The van der Waals surface area contributed by atoms with Gasteiger partial charge in [-0.15, -0.1) is 22.7 Å². The van der Waals surface area contributed by atoms with E-state index in [1.165, 1.54) is 66.1 Å². The molecule has 0 saturated carbocycles. The molecule has 0 aliphatic heterocycles. The number of hydrogen-bond acceptors (Lipinski definition) is 9. The first-order valence-corrected chi connectivity index (χ1v) is 15.0. The van der Waals surface area contributed by atoms with Crippen LogP contribution in [-0.4, -0.2) is 32.0 Å². The number of halogens is 9. The third kappa shape index (κ3) is 7.87. The van der Waals surface area contributed by atoms with Crippen LogP contribution in [0.25, 0.3) is 20.4 Å². The predicted octanol–water partition coefficient (Wildman–Crippen LogP) is 9.08. The second-order valence-electron chi connectivity index (χ2n) is 9.72. The summed E-state index contributed by atoms with van der Waals surface area (Å²) in [6.07, 6.45) is -11.0. The molecule has 1 aromatic carbocycles. The first-order valence-electron chi connectivity index (χ1n) is 13.2. The number of thiophene rings is 2. The van der Waals surface area contributed by atoms with Crippen molar-refractivity contribution in [3.8, 4) is 0 Å². The molecule has 1 N–H and O–H groups in total. The van der Waals surface area contributed by atoms with Crippen LogP contribution >= 0.6 is 22.7 Å². The van der Waals surface area contributed by atoms with Crippen molar-refractivity contribution < 1.29 is 39.5 Å². The van der Waals surface area contributed by atoms with Gasteiger partial charge in [-0.1, -0.05) is 18.2 Å². The molecule has 0 aliphatic rings. The Bertz CT molecular complexity index is 1990. The highest BCUT2D eigenvalue weighted by atomic mass is 32.1. The van der Waals surface area contributed by atoms with Gasteiger partial charge in [0, 0.05) is 19.8 Å². The second-order valence-corrected chi connectivity index (χ2v) is 11.6. The summed E-state index contributed by atoms with van der Waals surface area (Å²) in [5.41, 5.74) is -0.834. The zero-order valence-electron chi connectivity index (χ0n) is 23.7. The molecule has 0 radical (unpaired) electrons. The minimum Gasteiger partial charge on any atom is -0.363 e. The van der Waals surface area contributed by atoms with Gasteiger partial charge in [0.15, 0.2) is 5.82 Å². The fourth-order valence-electron chi connectivity index (χ4n) is 4.42. The standard InChI is InChI=1S/C16H11F6N3S.C13H9F3N4S/c1-25(8-9-4-2-3-5-10(9)15(17,18)19)13-12-11(6-7-26-12)23-14(24-13)16(20,21)22;14-13(15,16)8-2-1-4-17-10(8)6-18-12-11-9(3-5-21-11)19-7-20-12/h2-7H,8H2,1H3;1-5,7H,6H2,(H,18,19,20). The van der Waals surface area contributed by atoms with Crippen LogP contribution in [0.4, 0.5) is 51.1 Å². The number of aromatic nitrogens is 5. The Hall–Kier alpha value is -4.58. The van der Waals surface area contributed by atoms with Crippen molar-refractivity contribution in [2.75, 3.05) is 17.3 Å². The van der Waals surface area contributed by atoms with Crippen molar-refractivity contribution in [3.63, 3.8) is 0 Å². The van der Waals surface area contributed by atoms with Crippen LogP contribution in [0.1, 0.15) is 28.2 Å². The Kier molecular flexibility index (Phi) is 9.53. The molecule has 0 aliphatic carbocycles. The summed E-state index contributed by atoms with van der Waals surface area (Å²) in [5, 5.41) is 6.31. The van der Waals surface area contributed by atoms with Crippen molar-refractivity contribution in [1.82, 2.24) is 24.9 Å². The minimum atomic E-state index is -4.75. The molecule has 18 heteroatoms. The van der Waals surface area contributed by atoms with Crippen LogP contribution in [0, 0.1) is 0 Å². The highest BCUT2D eigenvalue weighted by Gasteiger charge is 2.37. The van der Waals surface area contributed by atoms with Crippen molar-refractivity contribution in [3.05, 3.63) is 100 Å². The van der Waals surface area contributed by atoms with Crippen molar-refractivity contribution in [2.45, 2.75) is 31.6 Å². The fourth-order valence-corrected chi connectivity index (χ4v) is 6.10. The molecule has 0 amide bonds. The lowest BCUT2D eigenvalue weighted by atomic mass is 10.1. The Morgan fingerprint density at radius 1 is 0.702 bits per heavy atom. The third-order valence-electron chi connectivity index (χ3n) is 6.49. The molecule has 7 nitrogen and oxygen atoms in total. The number of anilines is 2. The van der Waals surface area contributed by atoms with E-state index < -0.39 is 35.5 Å². The first-order chi connectivity index (χ1) is 22.1. The van der Waals surface area contributed by atoms with E-state index in [9.17, 15) is 39.5 Å². The number of nitrogens with one attached hydrogen (secondary N) is 1. The van der Waals surface area contributed by atoms with Gasteiger partial charge in [-0.3, -0.25) is 4.98 Å². The summed E-state index contributed by atoms with van der Waals surface area (Å²) in [6, 6.07) is 10.5. The lowest BCUT2D eigenvalue weighted by Gasteiger charge is -2.22. The van der Waals surface area contributed by atoms with Crippen molar-refractivity contribution in [1.29, 1.82) is 0 Å². The Balaban J connectivity index is 0.000000189. The molecule has 6 aromatic rings. The molecule has 0 unspecified atom stereocenters. The molecule has 246 valence electrons. The number of rotatable bonds is 6. The molecule has 6 rings (SSSR count). The van der Waals surface area contributed by atoms with E-state index in [0.29, 0.717) is 10.5 Å². The van der Waals surface area contributed by atoms with E-state index in [2.05, 4.69) is 30.2 Å². The normalized spacial score (nSPS) is 12.2. The van der Waals surface area contributed by atoms with Crippen LogP contribution in [0.2, 0.25) is 0 Å². The topological polar surface area (TPSA) is 79.7 Å². The Morgan fingerprint density at radius 3 is 2.06 bits per heavy atom. The average molecular weight is 702 g/mol. The van der Waals surface area contributed by atoms with Gasteiger partial charge in [-0.2, -0.15) is 39.5 Å². The maximum absolute atomic E-state index is 13.1. The number of alkyl halides is 9. The summed E-state index contributed by atoms with van der Waals surface area (Å²) in [4.78, 5) is 20.2. The Labute approximate surface area is 267 Å². The van der Waals surface area contributed by atoms with E-state index in [1.54, 1.807) is 5.38 Å². The highest BCUT2D eigenvalue weighted by Crippen LogP contribution is 2.37. The van der Waals surface area contributed by atoms with E-state index in [1.807, 2.05) is 11.4 Å². The zero-order chi connectivity index (χ0) is 34.0. The molecule has 0 bridgehead atoms. The lowest BCUT2D eigenvalue weighted by molar-refractivity contribution is -0.144. The zero-order valence-corrected chi connectivity index (χ0v) is 25.4. The molecule has 5 heterocycles. The first kappa shape index (κ1) is 33.8. The quantitative estimate of drug-likeness (QED) is 0.174. The predicted molar refractivity (Wildman–Crippen MR) is 160 cm³/mol. The van der Waals surface area contributed by atoms with E-state index in [-0.39, 0.29) is 35.7 Å². The summed E-state index contributed by atoms with van der Waals surface area (Å²) in [5.74, 6) is -0.877.